The Labute approximate surface area is 136 Å². The minimum Gasteiger partial charge on any atom is -0.277 e. The van der Waals surface area contributed by atoms with Crippen molar-refractivity contribution in [1.82, 2.24) is 4.98 Å². The van der Waals surface area contributed by atoms with Gasteiger partial charge in [0.1, 0.15) is 0 Å². The number of sulfonamides is 1. The van der Waals surface area contributed by atoms with Crippen molar-refractivity contribution in [2.24, 2.45) is 0 Å². The summed E-state index contributed by atoms with van der Waals surface area (Å²) in [6.45, 7) is 0. The molecular weight excluding hydrogens is 419 g/mol. The SMILES string of the molecule is O=S(=O)(Nc1ccc(Br)c(Cl)c1Cl)c1cnc(Cl)s1. The lowest BCUT2D eigenvalue weighted by molar-refractivity contribution is 0.603. The summed E-state index contributed by atoms with van der Waals surface area (Å²) in [7, 11) is -3.78. The molecule has 0 fully saturated rings. The molecule has 0 saturated heterocycles. The lowest BCUT2D eigenvalue weighted by atomic mass is 10.3. The maximum absolute atomic E-state index is 12.1. The van der Waals surface area contributed by atoms with Crippen LogP contribution in [-0.4, -0.2) is 13.4 Å². The summed E-state index contributed by atoms with van der Waals surface area (Å²) in [6.07, 6.45) is 1.17. The van der Waals surface area contributed by atoms with E-state index in [4.69, 9.17) is 34.8 Å². The number of aromatic nitrogens is 1. The highest BCUT2D eigenvalue weighted by atomic mass is 79.9. The van der Waals surface area contributed by atoms with Gasteiger partial charge in [0.15, 0.2) is 8.68 Å². The minimum absolute atomic E-state index is 0.00684. The van der Waals surface area contributed by atoms with Crippen molar-refractivity contribution >= 4 is 77.8 Å². The first kappa shape index (κ1) is 15.3. The van der Waals surface area contributed by atoms with Crippen LogP contribution in [0.2, 0.25) is 14.5 Å². The van der Waals surface area contributed by atoms with Gasteiger partial charge in [-0.1, -0.05) is 46.1 Å². The maximum atomic E-state index is 12.1. The summed E-state index contributed by atoms with van der Waals surface area (Å²) in [4.78, 5) is 3.68. The van der Waals surface area contributed by atoms with Gasteiger partial charge in [0.25, 0.3) is 10.0 Å². The Morgan fingerprint density at radius 2 is 1.89 bits per heavy atom. The molecular formula is C9H4BrCl3N2O2S2. The van der Waals surface area contributed by atoms with E-state index in [9.17, 15) is 8.42 Å². The molecule has 0 atom stereocenters. The topological polar surface area (TPSA) is 59.1 Å². The van der Waals surface area contributed by atoms with Crippen LogP contribution in [0.15, 0.2) is 27.0 Å². The van der Waals surface area contributed by atoms with Crippen molar-refractivity contribution in [1.29, 1.82) is 0 Å². The summed E-state index contributed by atoms with van der Waals surface area (Å²) in [5.74, 6) is 0. The third-order valence-electron chi connectivity index (χ3n) is 2.00. The predicted molar refractivity (Wildman–Crippen MR) is 82.1 cm³/mol. The number of anilines is 1. The fourth-order valence-electron chi connectivity index (χ4n) is 1.16. The van der Waals surface area contributed by atoms with Crippen LogP contribution < -0.4 is 4.72 Å². The van der Waals surface area contributed by atoms with Gasteiger partial charge in [-0.3, -0.25) is 4.72 Å². The summed E-state index contributed by atoms with van der Waals surface area (Å²) >= 11 is 21.5. The number of hydrogen-bond donors (Lipinski definition) is 1. The van der Waals surface area contributed by atoms with E-state index < -0.39 is 10.0 Å². The van der Waals surface area contributed by atoms with E-state index in [2.05, 4.69) is 25.6 Å². The Hall–Kier alpha value is -0.0500. The molecule has 19 heavy (non-hydrogen) atoms. The van der Waals surface area contributed by atoms with Gasteiger partial charge in [-0.05, 0) is 28.1 Å². The van der Waals surface area contributed by atoms with Gasteiger partial charge in [-0.25, -0.2) is 13.4 Å². The molecule has 0 unspecified atom stereocenters. The largest absolute Gasteiger partial charge is 0.277 e. The Morgan fingerprint density at radius 1 is 1.21 bits per heavy atom. The van der Waals surface area contributed by atoms with Gasteiger partial charge in [0.05, 0.1) is 21.9 Å². The van der Waals surface area contributed by atoms with Gasteiger partial charge in [0, 0.05) is 4.47 Å². The standard InChI is InChI=1S/C9H4BrCl3N2O2S2/c10-4-1-2-5(8(12)7(4)11)15-19(16,17)6-3-14-9(13)18-6/h1-3,15H. The quantitative estimate of drug-likeness (QED) is 0.732. The Balaban J connectivity index is 2.39. The zero-order valence-corrected chi connectivity index (χ0v) is 14.3. The molecule has 0 aliphatic rings. The fraction of sp³-hybridized carbons (Fsp3) is 0. The average Bonchev–Trinajstić information content (AvgIpc) is 2.78. The molecule has 1 heterocycles. The van der Waals surface area contributed by atoms with E-state index in [0.29, 0.717) is 4.47 Å². The molecule has 102 valence electrons. The highest BCUT2D eigenvalue weighted by molar-refractivity contribution is 9.10. The zero-order valence-electron chi connectivity index (χ0n) is 8.82. The Morgan fingerprint density at radius 3 is 2.47 bits per heavy atom. The predicted octanol–water partition coefficient (Wildman–Crippen LogP) is 4.67. The first-order chi connectivity index (χ1) is 8.81. The molecule has 0 bridgehead atoms. The highest BCUT2D eigenvalue weighted by Crippen LogP contribution is 2.37. The van der Waals surface area contributed by atoms with Gasteiger partial charge < -0.3 is 0 Å². The summed E-state index contributed by atoms with van der Waals surface area (Å²) in [5, 5.41) is 0.333. The second-order valence-electron chi connectivity index (χ2n) is 3.26. The van der Waals surface area contributed by atoms with Gasteiger partial charge in [-0.15, -0.1) is 0 Å². The third kappa shape index (κ3) is 3.34. The molecule has 0 spiro atoms. The average molecular weight is 423 g/mol. The molecule has 0 aliphatic carbocycles. The monoisotopic (exact) mass is 420 g/mol. The molecule has 4 nitrogen and oxygen atoms in total. The molecule has 1 N–H and O–H groups in total. The van der Waals surface area contributed by atoms with Crippen LogP contribution in [0, 0.1) is 0 Å². The normalized spacial score (nSPS) is 11.6. The molecule has 10 heteroatoms. The van der Waals surface area contributed by atoms with Crippen LogP contribution in [0.4, 0.5) is 5.69 Å². The van der Waals surface area contributed by atoms with Crippen molar-refractivity contribution in [2.45, 2.75) is 4.21 Å². The first-order valence-electron chi connectivity index (χ1n) is 4.59. The van der Waals surface area contributed by atoms with Crippen molar-refractivity contribution < 1.29 is 8.42 Å². The van der Waals surface area contributed by atoms with Gasteiger partial charge in [-0.2, -0.15) is 0 Å². The van der Waals surface area contributed by atoms with Crippen LogP contribution in [-0.2, 0) is 10.0 Å². The molecule has 1 aromatic heterocycles. The van der Waals surface area contributed by atoms with Gasteiger partial charge in [0.2, 0.25) is 0 Å². The van der Waals surface area contributed by atoms with E-state index >= 15 is 0 Å². The van der Waals surface area contributed by atoms with E-state index in [-0.39, 0.29) is 24.4 Å². The Bertz CT molecular complexity index is 733. The van der Waals surface area contributed by atoms with E-state index in [1.165, 1.54) is 12.3 Å². The zero-order chi connectivity index (χ0) is 14.2. The second kappa shape index (κ2) is 5.75. The van der Waals surface area contributed by atoms with Crippen LogP contribution >= 0.6 is 62.1 Å². The number of benzene rings is 1. The van der Waals surface area contributed by atoms with E-state index in [0.717, 1.165) is 11.3 Å². The maximum Gasteiger partial charge on any atom is 0.273 e. The molecule has 0 amide bonds. The smallest absolute Gasteiger partial charge is 0.273 e. The third-order valence-corrected chi connectivity index (χ3v) is 6.71. The molecule has 0 saturated carbocycles. The van der Waals surface area contributed by atoms with Crippen LogP contribution in [0.25, 0.3) is 0 Å². The van der Waals surface area contributed by atoms with Crippen molar-refractivity contribution in [3.05, 3.63) is 37.3 Å². The van der Waals surface area contributed by atoms with Crippen molar-refractivity contribution in [2.75, 3.05) is 4.72 Å². The first-order valence-corrected chi connectivity index (χ1v) is 8.81. The number of nitrogens with one attached hydrogen (secondary N) is 1. The molecule has 2 rings (SSSR count). The molecule has 1 aromatic carbocycles. The van der Waals surface area contributed by atoms with Crippen molar-refractivity contribution in [3.63, 3.8) is 0 Å². The summed E-state index contributed by atoms with van der Waals surface area (Å²) in [5.41, 5.74) is 0.180. The number of thiazole rings is 1. The van der Waals surface area contributed by atoms with Crippen LogP contribution in [0.3, 0.4) is 0 Å². The fourth-order valence-corrected chi connectivity index (χ4v) is 4.41. The van der Waals surface area contributed by atoms with E-state index in [1.807, 2.05) is 0 Å². The van der Waals surface area contributed by atoms with Crippen molar-refractivity contribution in [3.8, 4) is 0 Å². The van der Waals surface area contributed by atoms with Crippen LogP contribution in [0.1, 0.15) is 0 Å². The van der Waals surface area contributed by atoms with Gasteiger partial charge >= 0.3 is 0 Å². The van der Waals surface area contributed by atoms with Crippen LogP contribution in [0.5, 0.6) is 0 Å². The molecule has 2 aromatic rings. The second-order valence-corrected chi connectivity index (χ2v) is 8.39. The number of halogens is 4. The lowest BCUT2D eigenvalue weighted by Gasteiger charge is -2.09. The van der Waals surface area contributed by atoms with E-state index in [1.54, 1.807) is 6.07 Å². The lowest BCUT2D eigenvalue weighted by Crippen LogP contribution is -2.11. The Kier molecular flexibility index (Phi) is 4.64. The molecule has 0 radical (unpaired) electrons. The summed E-state index contributed by atoms with van der Waals surface area (Å²) in [6, 6.07) is 3.09. The number of nitrogens with zero attached hydrogens (tertiary/aromatic N) is 1. The molecule has 0 aliphatic heterocycles. The highest BCUT2D eigenvalue weighted by Gasteiger charge is 2.20. The minimum atomic E-state index is -3.78. The number of rotatable bonds is 3. The number of hydrogen-bond acceptors (Lipinski definition) is 4. The summed E-state index contributed by atoms with van der Waals surface area (Å²) < 4.78 is 27.1.